The van der Waals surface area contributed by atoms with Crippen LogP contribution in [0.3, 0.4) is 0 Å². The van der Waals surface area contributed by atoms with Crippen molar-refractivity contribution in [1.29, 1.82) is 0 Å². The number of halogens is 13. The molecular formula is C33H29F13N2O6. The third kappa shape index (κ3) is 9.58. The molecule has 0 spiro atoms. The highest BCUT2D eigenvalue weighted by atomic mass is 19.4. The van der Waals surface area contributed by atoms with Crippen LogP contribution in [0.1, 0.15) is 12.5 Å². The Morgan fingerprint density at radius 3 is 1.74 bits per heavy atom. The summed E-state index contributed by atoms with van der Waals surface area (Å²) in [5.41, 5.74) is 0.144. The van der Waals surface area contributed by atoms with Crippen molar-refractivity contribution >= 4 is 17.7 Å². The summed E-state index contributed by atoms with van der Waals surface area (Å²) < 4.78 is 195. The predicted octanol–water partition coefficient (Wildman–Crippen LogP) is 9.16. The van der Waals surface area contributed by atoms with E-state index in [-0.39, 0.29) is 35.1 Å². The average molecular weight is 797 g/mol. The van der Waals surface area contributed by atoms with Crippen molar-refractivity contribution in [3.63, 3.8) is 0 Å². The normalized spacial score (nSPS) is 13.6. The van der Waals surface area contributed by atoms with E-state index in [2.05, 4.69) is 0 Å². The van der Waals surface area contributed by atoms with E-state index in [1.165, 1.54) is 36.4 Å². The van der Waals surface area contributed by atoms with Gasteiger partial charge in [0.15, 0.2) is 6.10 Å². The van der Waals surface area contributed by atoms with Crippen LogP contribution < -0.4 is 14.8 Å². The van der Waals surface area contributed by atoms with Gasteiger partial charge in [-0.25, -0.2) is 9.59 Å². The van der Waals surface area contributed by atoms with Gasteiger partial charge in [0.25, 0.3) is 0 Å². The number of para-hydroxylation sites is 1. The van der Waals surface area contributed by atoms with Crippen LogP contribution in [0.4, 0.5) is 67.6 Å². The number of carboxylic acids is 1. The van der Waals surface area contributed by atoms with Crippen molar-refractivity contribution in [3.05, 3.63) is 84.4 Å². The van der Waals surface area contributed by atoms with Gasteiger partial charge >= 0.3 is 47.8 Å². The van der Waals surface area contributed by atoms with Gasteiger partial charge in [-0.2, -0.15) is 57.1 Å². The third-order valence-electron chi connectivity index (χ3n) is 7.38. The van der Waals surface area contributed by atoms with Gasteiger partial charge in [-0.15, -0.1) is 0 Å². The van der Waals surface area contributed by atoms with Crippen molar-refractivity contribution in [3.8, 4) is 17.2 Å². The summed E-state index contributed by atoms with van der Waals surface area (Å²) in [5.74, 6) is -39.1. The Morgan fingerprint density at radius 2 is 1.22 bits per heavy atom. The van der Waals surface area contributed by atoms with E-state index in [9.17, 15) is 71.8 Å². The zero-order valence-electron chi connectivity index (χ0n) is 27.5. The number of rotatable bonds is 18. The number of hydrogen-bond donors (Lipinski definition) is 2. The van der Waals surface area contributed by atoms with E-state index in [0.29, 0.717) is 11.3 Å². The molecule has 3 aromatic rings. The minimum atomic E-state index is -8.11. The first-order valence-corrected chi connectivity index (χ1v) is 15.3. The summed E-state index contributed by atoms with van der Waals surface area (Å²) in [4.78, 5) is 24.0. The van der Waals surface area contributed by atoms with Crippen LogP contribution in [0.5, 0.6) is 17.2 Å². The fourth-order valence-corrected chi connectivity index (χ4v) is 4.46. The van der Waals surface area contributed by atoms with E-state index >= 15 is 0 Å². The van der Waals surface area contributed by atoms with Gasteiger partial charge in [0.1, 0.15) is 23.9 Å². The molecule has 0 heterocycles. The van der Waals surface area contributed by atoms with Crippen molar-refractivity contribution in [2.24, 2.45) is 0 Å². The number of carbonyl (C=O) groups is 2. The van der Waals surface area contributed by atoms with Crippen LogP contribution in [-0.4, -0.2) is 90.2 Å². The number of amides is 2. The first kappa shape index (κ1) is 43.5. The van der Waals surface area contributed by atoms with Crippen LogP contribution in [0, 0.1) is 0 Å². The molecule has 2 amide bonds. The number of carbonyl (C=O) groups excluding carboxylic acids is 1. The molecule has 298 valence electrons. The van der Waals surface area contributed by atoms with Crippen molar-refractivity contribution in [2.75, 3.05) is 31.6 Å². The quantitative estimate of drug-likeness (QED) is 0.125. The summed E-state index contributed by atoms with van der Waals surface area (Å²) >= 11 is 0. The Labute approximate surface area is 297 Å². The summed E-state index contributed by atoms with van der Waals surface area (Å²) in [7, 11) is 0. The van der Waals surface area contributed by atoms with E-state index in [4.69, 9.17) is 14.2 Å². The van der Waals surface area contributed by atoms with Gasteiger partial charge in [0, 0.05) is 18.7 Å². The zero-order valence-corrected chi connectivity index (χ0v) is 27.5. The lowest BCUT2D eigenvalue weighted by atomic mass is 9.93. The van der Waals surface area contributed by atoms with Gasteiger partial charge in [-0.05, 0) is 61.0 Å². The number of nitrogens with zero attached hydrogens (tertiary/aromatic N) is 1. The number of carboxylic acid groups (broad SMARTS) is 1. The molecule has 0 aliphatic rings. The molecule has 0 radical (unpaired) electrons. The number of alkyl halides is 13. The summed E-state index contributed by atoms with van der Waals surface area (Å²) in [6.45, 7) is -3.44. The van der Waals surface area contributed by atoms with Gasteiger partial charge in [-0.3, -0.25) is 0 Å². The molecule has 1 atom stereocenters. The molecule has 0 aliphatic carbocycles. The lowest BCUT2D eigenvalue weighted by Crippen LogP contribution is -2.71. The number of hydrogen-bond acceptors (Lipinski definition) is 5. The average Bonchev–Trinajstić information content (AvgIpc) is 3.08. The Balaban J connectivity index is 1.85. The minimum absolute atomic E-state index is 0.0707. The van der Waals surface area contributed by atoms with Crippen molar-refractivity contribution in [2.45, 2.75) is 55.2 Å². The topological polar surface area (TPSA) is 97.3 Å². The number of aliphatic carboxylic acids is 1. The van der Waals surface area contributed by atoms with Crippen LogP contribution in [0.15, 0.2) is 78.9 Å². The van der Waals surface area contributed by atoms with Crippen LogP contribution in [-0.2, 0) is 16.0 Å². The highest BCUT2D eigenvalue weighted by molar-refractivity contribution is 5.89. The monoisotopic (exact) mass is 796 g/mol. The molecule has 0 fully saturated rings. The molecule has 8 nitrogen and oxygen atoms in total. The van der Waals surface area contributed by atoms with Crippen molar-refractivity contribution < 1.29 is 86.0 Å². The van der Waals surface area contributed by atoms with E-state index in [1.807, 2.05) is 5.32 Å². The Morgan fingerprint density at radius 1 is 0.704 bits per heavy atom. The molecule has 0 bridgehead atoms. The first-order valence-electron chi connectivity index (χ1n) is 15.3. The largest absolute Gasteiger partial charge is 0.492 e. The second-order valence-electron chi connectivity index (χ2n) is 11.3. The minimum Gasteiger partial charge on any atom is -0.492 e. The zero-order chi connectivity index (χ0) is 40.8. The predicted molar refractivity (Wildman–Crippen MR) is 163 cm³/mol. The molecule has 21 heteroatoms. The Hall–Kier alpha value is -4.95. The maximum Gasteiger partial charge on any atom is 0.460 e. The maximum absolute atomic E-state index is 14.9. The van der Waals surface area contributed by atoms with Crippen LogP contribution in [0.2, 0.25) is 0 Å². The van der Waals surface area contributed by atoms with Crippen LogP contribution in [0.25, 0.3) is 0 Å². The summed E-state index contributed by atoms with van der Waals surface area (Å²) in [6, 6.07) is 16.1. The maximum atomic E-state index is 14.9. The van der Waals surface area contributed by atoms with Crippen LogP contribution >= 0.6 is 0 Å². The molecule has 0 saturated heterocycles. The molecule has 3 rings (SSSR count). The number of anilines is 1. The molecule has 0 aliphatic heterocycles. The lowest BCUT2D eigenvalue weighted by Gasteiger charge is -2.40. The molecule has 54 heavy (non-hydrogen) atoms. The van der Waals surface area contributed by atoms with E-state index in [1.54, 1.807) is 37.3 Å². The van der Waals surface area contributed by atoms with E-state index in [0.717, 1.165) is 12.1 Å². The second kappa shape index (κ2) is 16.6. The van der Waals surface area contributed by atoms with Gasteiger partial charge in [-0.1, -0.05) is 30.3 Å². The third-order valence-corrected chi connectivity index (χ3v) is 7.38. The Kier molecular flexibility index (Phi) is 13.4. The standard InChI is InChI=1S/C33H29F13N2O6/c1-2-52-25(26(49)50)18-20-8-12-22(13-9-20)53-17-16-48(27(51)47-21-10-14-24(15-11-21)54-23-6-4-3-5-7-23)19-28(34,35)29(36,37)30(38,39)31(40,41)32(42,43)33(44,45)46/h3-15,25H,2,16-19H2,1H3,(H,47,51)(H,49,50). The fraction of sp³-hybridized carbons (Fsp3) is 0.394. The molecule has 3 aromatic carbocycles. The molecule has 0 aromatic heterocycles. The number of nitrogens with one attached hydrogen (secondary N) is 1. The SMILES string of the molecule is CCOC(Cc1ccc(OCCN(CC(F)(F)C(F)(F)C(F)(F)C(F)(F)C(F)(F)C(F)(F)F)C(=O)Nc2ccc(Oc3ccccc3)cc2)cc1)C(=O)O. The Bertz CT molecular complexity index is 1690. The summed E-state index contributed by atoms with van der Waals surface area (Å²) in [5, 5.41) is 11.2. The first-order chi connectivity index (χ1) is 24.9. The van der Waals surface area contributed by atoms with Crippen molar-refractivity contribution in [1.82, 2.24) is 4.90 Å². The molecular weight excluding hydrogens is 767 g/mol. The van der Waals surface area contributed by atoms with Gasteiger partial charge < -0.3 is 29.5 Å². The highest BCUT2D eigenvalue weighted by Crippen LogP contribution is 2.60. The van der Waals surface area contributed by atoms with Gasteiger partial charge in [0.2, 0.25) is 0 Å². The highest BCUT2D eigenvalue weighted by Gasteiger charge is 2.90. The molecule has 1 unspecified atom stereocenters. The number of ether oxygens (including phenoxy) is 3. The second-order valence-corrected chi connectivity index (χ2v) is 11.3. The number of urea groups is 1. The molecule has 2 N–H and O–H groups in total. The lowest BCUT2D eigenvalue weighted by molar-refractivity contribution is -0.439. The van der Waals surface area contributed by atoms with E-state index < -0.39 is 73.6 Å². The molecule has 0 saturated carbocycles. The summed E-state index contributed by atoms with van der Waals surface area (Å²) in [6.07, 6.45) is -8.91. The fourth-order valence-electron chi connectivity index (χ4n) is 4.46. The smallest absolute Gasteiger partial charge is 0.460 e. The van der Waals surface area contributed by atoms with Gasteiger partial charge in [0.05, 0.1) is 13.1 Å². The number of benzene rings is 3.